The highest BCUT2D eigenvalue weighted by molar-refractivity contribution is 5.15. The quantitative estimate of drug-likeness (QED) is 0.782. The molecule has 2 aromatic rings. The van der Waals surface area contributed by atoms with E-state index in [2.05, 4.69) is 69.8 Å². The van der Waals surface area contributed by atoms with E-state index in [1.807, 2.05) is 6.20 Å². The number of benzene rings is 1. The lowest BCUT2D eigenvalue weighted by Crippen LogP contribution is -2.37. The molecule has 2 heterocycles. The van der Waals surface area contributed by atoms with Crippen LogP contribution in [0, 0.1) is 5.92 Å². The van der Waals surface area contributed by atoms with Gasteiger partial charge in [0.1, 0.15) is 0 Å². The topological polar surface area (TPSA) is 24.3 Å². The maximum Gasteiger partial charge on any atom is 0.0524 e. The Labute approximate surface area is 146 Å². The summed E-state index contributed by atoms with van der Waals surface area (Å²) in [5.41, 5.74) is 2.78. The van der Waals surface area contributed by atoms with Gasteiger partial charge in [-0.2, -0.15) is 5.10 Å². The molecule has 0 N–H and O–H groups in total. The van der Waals surface area contributed by atoms with E-state index in [-0.39, 0.29) is 0 Å². The highest BCUT2D eigenvalue weighted by Crippen LogP contribution is 2.17. The van der Waals surface area contributed by atoms with Crippen molar-refractivity contribution in [2.75, 3.05) is 32.7 Å². The van der Waals surface area contributed by atoms with Crippen LogP contribution in [0.25, 0.3) is 0 Å². The Kier molecular flexibility index (Phi) is 6.05. The monoisotopic (exact) mass is 326 g/mol. The van der Waals surface area contributed by atoms with Crippen molar-refractivity contribution in [3.63, 3.8) is 0 Å². The SMILES string of the molecule is CCN(CC)C[C@@H]1CN(CCc2ccccc2)Cc2ccnn2C1. The third kappa shape index (κ3) is 4.46. The number of nitrogens with zero attached hydrogens (tertiary/aromatic N) is 4. The second-order valence-electron chi connectivity index (χ2n) is 6.83. The minimum atomic E-state index is 0.641. The molecule has 3 rings (SSSR count). The van der Waals surface area contributed by atoms with Crippen LogP contribution < -0.4 is 0 Å². The first-order valence-electron chi connectivity index (χ1n) is 9.27. The van der Waals surface area contributed by atoms with E-state index in [4.69, 9.17) is 0 Å². The summed E-state index contributed by atoms with van der Waals surface area (Å²) in [7, 11) is 0. The van der Waals surface area contributed by atoms with Gasteiger partial charge in [0, 0.05) is 44.8 Å². The molecule has 1 aromatic carbocycles. The minimum absolute atomic E-state index is 0.641. The van der Waals surface area contributed by atoms with Gasteiger partial charge in [-0.3, -0.25) is 9.58 Å². The number of hydrogen-bond acceptors (Lipinski definition) is 3. The predicted octanol–water partition coefficient (Wildman–Crippen LogP) is 2.90. The molecule has 0 amide bonds. The van der Waals surface area contributed by atoms with Crippen molar-refractivity contribution in [2.24, 2.45) is 5.92 Å². The Morgan fingerprint density at radius 2 is 1.88 bits per heavy atom. The largest absolute Gasteiger partial charge is 0.303 e. The lowest BCUT2D eigenvalue weighted by atomic mass is 10.1. The van der Waals surface area contributed by atoms with Crippen molar-refractivity contribution < 1.29 is 0 Å². The Hall–Kier alpha value is -1.65. The van der Waals surface area contributed by atoms with Crippen LogP contribution in [0.2, 0.25) is 0 Å². The molecule has 130 valence electrons. The van der Waals surface area contributed by atoms with Crippen LogP contribution in [0.15, 0.2) is 42.6 Å². The van der Waals surface area contributed by atoms with Crippen molar-refractivity contribution in [3.05, 3.63) is 53.9 Å². The normalized spacial score (nSPS) is 18.5. The summed E-state index contributed by atoms with van der Waals surface area (Å²) < 4.78 is 2.22. The molecule has 0 fully saturated rings. The number of hydrogen-bond donors (Lipinski definition) is 0. The molecule has 24 heavy (non-hydrogen) atoms. The van der Waals surface area contributed by atoms with Crippen molar-refractivity contribution >= 4 is 0 Å². The van der Waals surface area contributed by atoms with Gasteiger partial charge in [-0.05, 0) is 31.1 Å². The third-order valence-electron chi connectivity index (χ3n) is 5.11. The van der Waals surface area contributed by atoms with E-state index in [1.54, 1.807) is 0 Å². The molecule has 1 aromatic heterocycles. The van der Waals surface area contributed by atoms with Gasteiger partial charge in [-0.25, -0.2) is 0 Å². The third-order valence-corrected chi connectivity index (χ3v) is 5.11. The predicted molar refractivity (Wildman–Crippen MR) is 98.9 cm³/mol. The Bertz CT molecular complexity index is 603. The molecule has 0 spiro atoms. The van der Waals surface area contributed by atoms with Gasteiger partial charge in [0.05, 0.1) is 5.69 Å². The van der Waals surface area contributed by atoms with Gasteiger partial charge in [-0.15, -0.1) is 0 Å². The number of aromatic nitrogens is 2. The molecule has 1 atom stereocenters. The van der Waals surface area contributed by atoms with Crippen molar-refractivity contribution in [2.45, 2.75) is 33.4 Å². The Balaban J connectivity index is 1.66. The maximum atomic E-state index is 4.55. The molecule has 0 radical (unpaired) electrons. The Morgan fingerprint density at radius 3 is 2.62 bits per heavy atom. The van der Waals surface area contributed by atoms with Gasteiger partial charge < -0.3 is 4.90 Å². The van der Waals surface area contributed by atoms with Crippen LogP contribution in [-0.4, -0.2) is 52.3 Å². The molecular formula is C20H30N4. The van der Waals surface area contributed by atoms with Gasteiger partial charge in [0.2, 0.25) is 0 Å². The van der Waals surface area contributed by atoms with Gasteiger partial charge >= 0.3 is 0 Å². The summed E-state index contributed by atoms with van der Waals surface area (Å²) in [6, 6.07) is 13.0. The first-order valence-corrected chi connectivity index (χ1v) is 9.27. The minimum Gasteiger partial charge on any atom is -0.303 e. The maximum absolute atomic E-state index is 4.55. The fourth-order valence-electron chi connectivity index (χ4n) is 3.68. The average Bonchev–Trinajstić information content (AvgIpc) is 2.97. The first-order chi connectivity index (χ1) is 11.8. The second kappa shape index (κ2) is 8.45. The highest BCUT2D eigenvalue weighted by Gasteiger charge is 2.23. The van der Waals surface area contributed by atoms with Crippen LogP contribution in [0.3, 0.4) is 0 Å². The van der Waals surface area contributed by atoms with Crippen LogP contribution >= 0.6 is 0 Å². The molecule has 0 bridgehead atoms. The molecule has 0 saturated carbocycles. The summed E-state index contributed by atoms with van der Waals surface area (Å²) >= 11 is 0. The molecule has 1 aliphatic rings. The van der Waals surface area contributed by atoms with Crippen LogP contribution in [0.4, 0.5) is 0 Å². The molecule has 0 saturated heterocycles. The Morgan fingerprint density at radius 1 is 1.08 bits per heavy atom. The summed E-state index contributed by atoms with van der Waals surface area (Å²) in [5.74, 6) is 0.641. The van der Waals surface area contributed by atoms with Gasteiger partial charge in [-0.1, -0.05) is 44.2 Å². The van der Waals surface area contributed by atoms with Crippen LogP contribution in [-0.2, 0) is 19.5 Å². The zero-order valence-electron chi connectivity index (χ0n) is 15.1. The zero-order chi connectivity index (χ0) is 16.8. The lowest BCUT2D eigenvalue weighted by molar-refractivity contribution is 0.179. The zero-order valence-corrected chi connectivity index (χ0v) is 15.1. The molecule has 1 aliphatic heterocycles. The lowest BCUT2D eigenvalue weighted by Gasteiger charge is -2.28. The fraction of sp³-hybridized carbons (Fsp3) is 0.550. The number of rotatable bonds is 7. The van der Waals surface area contributed by atoms with E-state index < -0.39 is 0 Å². The summed E-state index contributed by atoms with van der Waals surface area (Å²) in [4.78, 5) is 5.15. The van der Waals surface area contributed by atoms with E-state index >= 15 is 0 Å². The molecule has 0 unspecified atom stereocenters. The van der Waals surface area contributed by atoms with E-state index in [9.17, 15) is 0 Å². The van der Waals surface area contributed by atoms with Crippen molar-refractivity contribution in [1.82, 2.24) is 19.6 Å². The molecular weight excluding hydrogens is 296 g/mol. The molecule has 4 nitrogen and oxygen atoms in total. The number of fused-ring (bicyclic) bond motifs is 1. The average molecular weight is 326 g/mol. The second-order valence-corrected chi connectivity index (χ2v) is 6.83. The van der Waals surface area contributed by atoms with E-state index in [0.717, 1.165) is 52.2 Å². The smallest absolute Gasteiger partial charge is 0.0524 e. The van der Waals surface area contributed by atoms with Crippen LogP contribution in [0.1, 0.15) is 25.1 Å². The summed E-state index contributed by atoms with van der Waals surface area (Å²) in [6.45, 7) is 12.3. The fourth-order valence-corrected chi connectivity index (χ4v) is 3.68. The van der Waals surface area contributed by atoms with Crippen molar-refractivity contribution in [1.29, 1.82) is 0 Å². The van der Waals surface area contributed by atoms with E-state index in [0.29, 0.717) is 5.92 Å². The van der Waals surface area contributed by atoms with Crippen LogP contribution in [0.5, 0.6) is 0 Å². The van der Waals surface area contributed by atoms with Gasteiger partial charge in [0.25, 0.3) is 0 Å². The summed E-state index contributed by atoms with van der Waals surface area (Å²) in [6.07, 6.45) is 3.07. The van der Waals surface area contributed by atoms with E-state index in [1.165, 1.54) is 11.3 Å². The van der Waals surface area contributed by atoms with Crippen molar-refractivity contribution in [3.8, 4) is 0 Å². The van der Waals surface area contributed by atoms with Gasteiger partial charge in [0.15, 0.2) is 0 Å². The standard InChI is InChI=1S/C20H30N4/c1-3-22(4-2)14-19-15-23(13-11-18-8-6-5-7-9-18)17-20-10-12-21-24(20)16-19/h5-10,12,19H,3-4,11,13-17H2,1-2H3/t19-/m1/s1. The molecule has 0 aliphatic carbocycles. The highest BCUT2D eigenvalue weighted by atomic mass is 15.3. The summed E-state index contributed by atoms with van der Waals surface area (Å²) in [5, 5.41) is 4.55. The molecule has 4 heteroatoms. The first kappa shape index (κ1) is 17.2.